The van der Waals surface area contributed by atoms with Crippen LogP contribution in [0, 0.1) is 10.1 Å². The second kappa shape index (κ2) is 11.4. The topological polar surface area (TPSA) is 132 Å². The van der Waals surface area contributed by atoms with Gasteiger partial charge in [0, 0.05) is 35.7 Å². The van der Waals surface area contributed by atoms with Crippen molar-refractivity contribution in [1.82, 2.24) is 15.1 Å². The predicted molar refractivity (Wildman–Crippen MR) is 156 cm³/mol. The third-order valence-corrected chi connectivity index (χ3v) is 7.06. The van der Waals surface area contributed by atoms with Gasteiger partial charge in [-0.2, -0.15) is 5.10 Å². The molecule has 1 atom stereocenters. The van der Waals surface area contributed by atoms with Crippen molar-refractivity contribution in [2.45, 2.75) is 58.1 Å². The van der Waals surface area contributed by atoms with Crippen LogP contribution in [0.5, 0.6) is 11.5 Å². The number of anilines is 1. The molecular weight excluding hydrogens is 522 g/mol. The number of hydrogen-bond acceptors (Lipinski definition) is 6. The van der Waals surface area contributed by atoms with Gasteiger partial charge < -0.3 is 15.2 Å². The molecule has 212 valence electrons. The number of fused-ring (bicyclic) bond motifs is 1. The number of hydrogen-bond donors (Lipinski definition) is 3. The summed E-state index contributed by atoms with van der Waals surface area (Å²) in [7, 11) is 0. The highest BCUT2D eigenvalue weighted by Crippen LogP contribution is 2.34. The molecule has 0 saturated heterocycles. The van der Waals surface area contributed by atoms with Gasteiger partial charge in [-0.15, -0.1) is 0 Å². The lowest BCUT2D eigenvalue weighted by Crippen LogP contribution is -2.29. The molecule has 0 bridgehead atoms. The van der Waals surface area contributed by atoms with E-state index in [4.69, 9.17) is 4.74 Å². The number of rotatable bonds is 7. The quantitative estimate of drug-likeness (QED) is 0.175. The summed E-state index contributed by atoms with van der Waals surface area (Å²) in [6, 6.07) is 20.6. The molecule has 0 spiro atoms. The molecule has 0 aliphatic heterocycles. The number of aryl methyl sites for hydroxylation is 1. The Morgan fingerprint density at radius 1 is 1.12 bits per heavy atom. The van der Waals surface area contributed by atoms with Gasteiger partial charge in [-0.1, -0.05) is 45.0 Å². The Balaban J connectivity index is 1.30. The van der Waals surface area contributed by atoms with Crippen molar-refractivity contribution in [3.63, 3.8) is 0 Å². The molecule has 1 heterocycles. The van der Waals surface area contributed by atoms with Crippen molar-refractivity contribution in [1.29, 1.82) is 0 Å². The lowest BCUT2D eigenvalue weighted by atomic mass is 9.89. The molecule has 10 nitrogen and oxygen atoms in total. The third-order valence-electron chi connectivity index (χ3n) is 7.06. The average Bonchev–Trinajstić information content (AvgIpc) is 3.37. The zero-order valence-corrected chi connectivity index (χ0v) is 23.3. The van der Waals surface area contributed by atoms with Crippen LogP contribution >= 0.6 is 0 Å². The van der Waals surface area contributed by atoms with E-state index in [9.17, 15) is 20.0 Å². The van der Waals surface area contributed by atoms with Crippen molar-refractivity contribution in [3.8, 4) is 17.2 Å². The molecule has 0 radical (unpaired) electrons. The number of nitrogens with zero attached hydrogens (tertiary/aromatic N) is 3. The fraction of sp³-hybridized carbons (Fsp3) is 0.290. The van der Waals surface area contributed by atoms with Crippen molar-refractivity contribution < 1.29 is 19.6 Å². The van der Waals surface area contributed by atoms with E-state index < -0.39 is 17.1 Å². The van der Waals surface area contributed by atoms with E-state index in [1.54, 1.807) is 22.9 Å². The third kappa shape index (κ3) is 6.38. The van der Waals surface area contributed by atoms with Gasteiger partial charge in [0.1, 0.15) is 17.3 Å². The molecular formula is C31H33N5O5. The molecule has 3 aromatic carbocycles. The van der Waals surface area contributed by atoms with E-state index in [2.05, 4.69) is 15.7 Å². The first-order valence-electron chi connectivity index (χ1n) is 13.6. The summed E-state index contributed by atoms with van der Waals surface area (Å²) < 4.78 is 7.75. The van der Waals surface area contributed by atoms with E-state index in [0.717, 1.165) is 41.6 Å². The molecule has 1 unspecified atom stereocenters. The number of aromatic nitrogens is 2. The molecule has 3 N–H and O–H groups in total. The zero-order chi connectivity index (χ0) is 29.1. The smallest absolute Gasteiger partial charge is 0.320 e. The van der Waals surface area contributed by atoms with Gasteiger partial charge in [0.05, 0.1) is 22.4 Å². The first kappa shape index (κ1) is 27.9. The van der Waals surface area contributed by atoms with Gasteiger partial charge in [-0.25, -0.2) is 9.48 Å². The van der Waals surface area contributed by atoms with Gasteiger partial charge in [0.2, 0.25) is 0 Å². The number of carbonyl (C=O) groups excluding carboxylic acids is 1. The number of para-hydroxylation sites is 1. The van der Waals surface area contributed by atoms with E-state index >= 15 is 0 Å². The summed E-state index contributed by atoms with van der Waals surface area (Å²) in [5.41, 5.74) is 3.86. The van der Waals surface area contributed by atoms with Gasteiger partial charge in [-0.05, 0) is 60.7 Å². The van der Waals surface area contributed by atoms with Crippen LogP contribution in [0.4, 0.5) is 16.3 Å². The van der Waals surface area contributed by atoms with E-state index in [0.29, 0.717) is 23.0 Å². The minimum absolute atomic E-state index is 0.0296. The van der Waals surface area contributed by atoms with Crippen LogP contribution in [0.1, 0.15) is 62.1 Å². The van der Waals surface area contributed by atoms with E-state index in [1.165, 1.54) is 12.1 Å². The van der Waals surface area contributed by atoms with Crippen molar-refractivity contribution in [2.24, 2.45) is 0 Å². The summed E-state index contributed by atoms with van der Waals surface area (Å²) in [4.78, 5) is 23.6. The summed E-state index contributed by atoms with van der Waals surface area (Å²) in [5.74, 6) is 1.73. The van der Waals surface area contributed by atoms with Crippen LogP contribution in [0.2, 0.25) is 0 Å². The molecule has 0 saturated carbocycles. The average molecular weight is 556 g/mol. The van der Waals surface area contributed by atoms with Crippen LogP contribution in [-0.2, 0) is 18.4 Å². The summed E-state index contributed by atoms with van der Waals surface area (Å²) in [6.07, 6.45) is 2.18. The van der Waals surface area contributed by atoms with Crippen molar-refractivity contribution >= 4 is 17.5 Å². The number of ether oxygens (including phenoxy) is 1. The summed E-state index contributed by atoms with van der Waals surface area (Å²) >= 11 is 0. The van der Waals surface area contributed by atoms with Gasteiger partial charge in [0.15, 0.2) is 0 Å². The van der Waals surface area contributed by atoms with Crippen LogP contribution in [0.3, 0.4) is 0 Å². The van der Waals surface area contributed by atoms with Crippen molar-refractivity contribution in [3.05, 3.63) is 105 Å². The Morgan fingerprint density at radius 3 is 2.61 bits per heavy atom. The maximum absolute atomic E-state index is 13.0. The van der Waals surface area contributed by atoms with Gasteiger partial charge in [-0.3, -0.25) is 15.4 Å². The standard InChI is InChI=1S/C31H33N5O5/c1-31(2,3)28-18-29(35(34-28)22-11-13-23(14-12-22)36(39)40)33-30(38)32-19-21-7-4-5-10-27(21)41-24-15-16-25-20(17-24)8-6-9-26(25)37/h4-5,7,10-18,26,37H,6,8-9,19H2,1-3H3,(H2,32,33,38). The van der Waals surface area contributed by atoms with E-state index in [1.807, 2.05) is 63.2 Å². The zero-order valence-electron chi connectivity index (χ0n) is 23.3. The van der Waals surface area contributed by atoms with Crippen LogP contribution in [0.25, 0.3) is 5.69 Å². The number of benzene rings is 3. The fourth-order valence-electron chi connectivity index (χ4n) is 4.79. The maximum Gasteiger partial charge on any atom is 0.320 e. The monoisotopic (exact) mass is 555 g/mol. The Labute approximate surface area is 238 Å². The molecule has 4 aromatic rings. The molecule has 2 amide bonds. The Bertz CT molecular complexity index is 1570. The molecule has 0 fully saturated rings. The predicted octanol–water partition coefficient (Wildman–Crippen LogP) is 6.56. The number of amides is 2. The normalized spacial score (nSPS) is 14.7. The number of aliphatic hydroxyl groups excluding tert-OH is 1. The lowest BCUT2D eigenvalue weighted by Gasteiger charge is -2.22. The van der Waals surface area contributed by atoms with Crippen LogP contribution in [0.15, 0.2) is 72.8 Å². The van der Waals surface area contributed by atoms with Gasteiger partial charge in [0.25, 0.3) is 5.69 Å². The molecule has 5 rings (SSSR count). The Hall–Kier alpha value is -4.70. The molecule has 1 aliphatic carbocycles. The SMILES string of the molecule is CC(C)(C)c1cc(NC(=O)NCc2ccccc2Oc2ccc3c(c2)CCCC3O)n(-c2ccc([N+](=O)[O-])cc2)n1. The minimum Gasteiger partial charge on any atom is -0.457 e. The lowest BCUT2D eigenvalue weighted by molar-refractivity contribution is -0.384. The minimum atomic E-state index is -0.461. The second-order valence-corrected chi connectivity index (χ2v) is 11.1. The van der Waals surface area contributed by atoms with Crippen LogP contribution < -0.4 is 15.4 Å². The number of nitrogens with one attached hydrogen (secondary N) is 2. The first-order valence-corrected chi connectivity index (χ1v) is 13.6. The Kier molecular flexibility index (Phi) is 7.76. The maximum atomic E-state index is 13.0. The van der Waals surface area contributed by atoms with E-state index in [-0.39, 0.29) is 17.6 Å². The van der Waals surface area contributed by atoms with Crippen LogP contribution in [-0.4, -0.2) is 25.8 Å². The first-order chi connectivity index (χ1) is 19.6. The molecule has 10 heteroatoms. The van der Waals surface area contributed by atoms with Gasteiger partial charge >= 0.3 is 6.03 Å². The fourth-order valence-corrected chi connectivity index (χ4v) is 4.79. The largest absolute Gasteiger partial charge is 0.457 e. The highest BCUT2D eigenvalue weighted by atomic mass is 16.6. The summed E-state index contributed by atoms with van der Waals surface area (Å²) in [6.45, 7) is 6.26. The second-order valence-electron chi connectivity index (χ2n) is 11.1. The number of urea groups is 1. The molecule has 41 heavy (non-hydrogen) atoms. The Morgan fingerprint density at radius 2 is 1.88 bits per heavy atom. The summed E-state index contributed by atoms with van der Waals surface area (Å²) in [5, 5.41) is 31.7. The number of carbonyl (C=O) groups is 1. The number of non-ortho nitro benzene ring substituents is 1. The highest BCUT2D eigenvalue weighted by molar-refractivity contribution is 5.88. The number of nitro groups is 1. The number of aliphatic hydroxyl groups is 1. The highest BCUT2D eigenvalue weighted by Gasteiger charge is 2.22. The number of nitro benzene ring substituents is 1. The van der Waals surface area contributed by atoms with Crippen molar-refractivity contribution in [2.75, 3.05) is 5.32 Å². The molecule has 1 aliphatic rings. The molecule has 1 aromatic heterocycles.